The summed E-state index contributed by atoms with van der Waals surface area (Å²) >= 11 is 0. The molecule has 0 aromatic heterocycles. The van der Waals surface area contributed by atoms with Gasteiger partial charge in [-0.3, -0.25) is 10.7 Å². The van der Waals surface area contributed by atoms with E-state index in [2.05, 4.69) is 26.0 Å². The predicted molar refractivity (Wildman–Crippen MR) is 98.9 cm³/mol. The SMILES string of the molecule is COC(=O)NC1=NC2=CC=C3ONC4=C3C(=CCC4c3ccc(O)cc3F)N2N1. The minimum atomic E-state index is -0.642. The molecule has 0 saturated heterocycles. The number of alkyl carbamates (subject to hydrolysis) is 1. The molecule has 5 rings (SSSR count). The van der Waals surface area contributed by atoms with Gasteiger partial charge in [0.15, 0.2) is 11.6 Å². The second kappa shape index (κ2) is 6.30. The van der Waals surface area contributed by atoms with Crippen LogP contribution in [-0.4, -0.2) is 29.3 Å². The third-order valence-electron chi connectivity index (χ3n) is 5.00. The van der Waals surface area contributed by atoms with Gasteiger partial charge in [0.05, 0.1) is 24.1 Å². The summed E-state index contributed by atoms with van der Waals surface area (Å²) in [5.41, 5.74) is 8.62. The highest BCUT2D eigenvalue weighted by Crippen LogP contribution is 2.45. The van der Waals surface area contributed by atoms with Crippen LogP contribution in [0.15, 0.2) is 70.0 Å². The molecular weight excluding hydrogens is 381 g/mol. The van der Waals surface area contributed by atoms with E-state index in [-0.39, 0.29) is 17.6 Å². The van der Waals surface area contributed by atoms with Crippen LogP contribution < -0.4 is 16.2 Å². The monoisotopic (exact) mass is 397 g/mol. The molecule has 148 valence electrons. The van der Waals surface area contributed by atoms with Gasteiger partial charge in [-0.2, -0.15) is 4.99 Å². The lowest BCUT2D eigenvalue weighted by Crippen LogP contribution is -2.44. The molecule has 1 aromatic rings. The number of methoxy groups -OCH3 is 1. The molecule has 1 aliphatic carbocycles. The molecule has 3 heterocycles. The lowest BCUT2D eigenvalue weighted by atomic mass is 9.84. The Morgan fingerprint density at radius 1 is 1.45 bits per heavy atom. The first kappa shape index (κ1) is 17.2. The van der Waals surface area contributed by atoms with Crippen LogP contribution in [0.2, 0.25) is 0 Å². The Balaban J connectivity index is 1.51. The number of fused-ring (bicyclic) bond motifs is 2. The fourth-order valence-electron chi connectivity index (χ4n) is 3.71. The summed E-state index contributed by atoms with van der Waals surface area (Å²) in [4.78, 5) is 21.5. The topological polar surface area (TPSA) is 107 Å². The first-order valence-electron chi connectivity index (χ1n) is 8.84. The van der Waals surface area contributed by atoms with Crippen molar-refractivity contribution in [2.45, 2.75) is 12.3 Å². The molecule has 0 spiro atoms. The molecule has 0 fully saturated rings. The van der Waals surface area contributed by atoms with E-state index in [1.165, 1.54) is 13.2 Å². The summed E-state index contributed by atoms with van der Waals surface area (Å²) in [6, 6.07) is 4.13. The molecule has 0 bridgehead atoms. The van der Waals surface area contributed by atoms with E-state index in [0.717, 1.165) is 17.3 Å². The molecule has 0 saturated carbocycles. The number of guanidine groups is 1. The Morgan fingerprint density at radius 2 is 2.31 bits per heavy atom. The van der Waals surface area contributed by atoms with Crippen LogP contribution in [0.25, 0.3) is 0 Å². The number of hydrogen-bond donors (Lipinski definition) is 4. The number of rotatable bonds is 1. The number of carbonyl (C=O) groups is 1. The maximum atomic E-state index is 14.5. The Labute approximate surface area is 164 Å². The average Bonchev–Trinajstić information content (AvgIpc) is 3.27. The quantitative estimate of drug-likeness (QED) is 0.574. The lowest BCUT2D eigenvalue weighted by molar-refractivity contribution is 0.157. The number of benzene rings is 1. The summed E-state index contributed by atoms with van der Waals surface area (Å²) in [6.07, 6.45) is 5.28. The number of hydrazine groups is 1. The van der Waals surface area contributed by atoms with Gasteiger partial charge in [-0.25, -0.2) is 19.7 Å². The second-order valence-electron chi connectivity index (χ2n) is 6.66. The summed E-state index contributed by atoms with van der Waals surface area (Å²) in [5, 5.41) is 13.7. The number of carbonyl (C=O) groups excluding carboxylic acids is 1. The number of aliphatic imine (C=N–C) groups is 1. The van der Waals surface area contributed by atoms with Gasteiger partial charge in [0, 0.05) is 12.0 Å². The summed E-state index contributed by atoms with van der Waals surface area (Å²) in [7, 11) is 1.27. The number of hydroxylamine groups is 1. The van der Waals surface area contributed by atoms with Gasteiger partial charge < -0.3 is 14.7 Å². The van der Waals surface area contributed by atoms with Crippen molar-refractivity contribution in [2.24, 2.45) is 4.99 Å². The summed E-state index contributed by atoms with van der Waals surface area (Å²) < 4.78 is 19.1. The van der Waals surface area contributed by atoms with E-state index >= 15 is 0 Å². The van der Waals surface area contributed by atoms with E-state index < -0.39 is 11.9 Å². The number of phenols is 1. The van der Waals surface area contributed by atoms with Gasteiger partial charge >= 0.3 is 6.09 Å². The number of ether oxygens (including phenoxy) is 1. The molecule has 4 aliphatic rings. The minimum Gasteiger partial charge on any atom is -0.508 e. The smallest absolute Gasteiger partial charge is 0.413 e. The first-order chi connectivity index (χ1) is 14.0. The zero-order chi connectivity index (χ0) is 20.1. The normalized spacial score (nSPS) is 21.3. The number of hydrogen-bond acceptors (Lipinski definition) is 8. The first-order valence-corrected chi connectivity index (χ1v) is 8.84. The van der Waals surface area contributed by atoms with Crippen LogP contribution in [0.3, 0.4) is 0 Å². The fourth-order valence-corrected chi connectivity index (χ4v) is 3.71. The zero-order valence-corrected chi connectivity index (χ0v) is 15.2. The van der Waals surface area contributed by atoms with Crippen molar-refractivity contribution in [3.8, 4) is 5.75 Å². The standard InChI is InChI=1S/C19H16FN5O4/c1-28-19(27)22-18-21-15-7-6-14-16-13(25(15)23-18)5-4-11(17(16)24-29-14)10-3-2-9(26)8-12(10)20/h2-3,5-8,11,24,26H,4H2,1H3,(H2,21,22,23,27). The molecule has 10 heteroatoms. The summed E-state index contributed by atoms with van der Waals surface area (Å²) in [5.74, 6) is 0.434. The highest BCUT2D eigenvalue weighted by Gasteiger charge is 2.40. The molecule has 9 nitrogen and oxygen atoms in total. The van der Waals surface area contributed by atoms with Crippen LogP contribution in [-0.2, 0) is 9.57 Å². The van der Waals surface area contributed by atoms with E-state index in [4.69, 9.17) is 4.84 Å². The number of nitrogens with one attached hydrogen (secondary N) is 3. The van der Waals surface area contributed by atoms with Crippen LogP contribution in [0, 0.1) is 5.82 Å². The number of halogens is 1. The molecule has 1 unspecified atom stereocenters. The van der Waals surface area contributed by atoms with Crippen LogP contribution >= 0.6 is 0 Å². The van der Waals surface area contributed by atoms with Crippen molar-refractivity contribution < 1.29 is 23.9 Å². The molecule has 4 N–H and O–H groups in total. The highest BCUT2D eigenvalue weighted by molar-refractivity contribution is 5.95. The van der Waals surface area contributed by atoms with Crippen molar-refractivity contribution in [3.05, 3.63) is 76.4 Å². The Morgan fingerprint density at radius 3 is 3.10 bits per heavy atom. The summed E-state index contributed by atoms with van der Waals surface area (Å²) in [6.45, 7) is 0. The van der Waals surface area contributed by atoms with E-state index in [9.17, 15) is 14.3 Å². The van der Waals surface area contributed by atoms with E-state index in [1.54, 1.807) is 23.2 Å². The average molecular weight is 397 g/mol. The van der Waals surface area contributed by atoms with Crippen LogP contribution in [0.5, 0.6) is 5.75 Å². The van der Waals surface area contributed by atoms with Gasteiger partial charge in [-0.15, -0.1) is 0 Å². The van der Waals surface area contributed by atoms with Gasteiger partial charge in [-0.1, -0.05) is 12.1 Å². The molecular formula is C19H16FN5O4. The zero-order valence-electron chi connectivity index (χ0n) is 15.2. The third kappa shape index (κ3) is 2.68. The number of amides is 1. The van der Waals surface area contributed by atoms with Crippen molar-refractivity contribution in [3.63, 3.8) is 0 Å². The van der Waals surface area contributed by atoms with Gasteiger partial charge in [0.2, 0.25) is 5.96 Å². The van der Waals surface area contributed by atoms with Crippen molar-refractivity contribution in [1.29, 1.82) is 0 Å². The minimum absolute atomic E-state index is 0.125. The Kier molecular flexibility index (Phi) is 3.73. The Hall–Kier alpha value is -3.95. The number of nitrogens with zero attached hydrogens (tertiary/aromatic N) is 2. The van der Waals surface area contributed by atoms with Crippen molar-refractivity contribution in [1.82, 2.24) is 21.2 Å². The maximum absolute atomic E-state index is 14.5. The third-order valence-corrected chi connectivity index (χ3v) is 5.00. The Bertz CT molecular complexity index is 1090. The highest BCUT2D eigenvalue weighted by atomic mass is 19.1. The van der Waals surface area contributed by atoms with Crippen LogP contribution in [0.1, 0.15) is 17.9 Å². The number of allylic oxidation sites excluding steroid dienone is 4. The van der Waals surface area contributed by atoms with Crippen molar-refractivity contribution >= 4 is 12.1 Å². The number of phenolic OH excluding ortho intramolecular Hbond substituents is 1. The van der Waals surface area contributed by atoms with Gasteiger partial charge in [0.25, 0.3) is 0 Å². The second-order valence-corrected chi connectivity index (χ2v) is 6.66. The van der Waals surface area contributed by atoms with E-state index in [1.807, 2.05) is 6.08 Å². The molecule has 1 amide bonds. The van der Waals surface area contributed by atoms with Crippen LogP contribution in [0.4, 0.5) is 9.18 Å². The molecule has 1 aromatic carbocycles. The largest absolute Gasteiger partial charge is 0.508 e. The van der Waals surface area contributed by atoms with Gasteiger partial charge in [-0.05, 0) is 30.2 Å². The van der Waals surface area contributed by atoms with Crippen molar-refractivity contribution in [2.75, 3.05) is 7.11 Å². The maximum Gasteiger partial charge on any atom is 0.413 e. The lowest BCUT2D eigenvalue weighted by Gasteiger charge is -2.28. The molecule has 0 radical (unpaired) electrons. The fraction of sp³-hybridized carbons (Fsp3) is 0.158. The number of aromatic hydroxyl groups is 1. The predicted octanol–water partition coefficient (Wildman–Crippen LogP) is 1.96. The van der Waals surface area contributed by atoms with Gasteiger partial charge in [0.1, 0.15) is 11.6 Å². The molecule has 1 atom stereocenters. The van der Waals surface area contributed by atoms with E-state index in [0.29, 0.717) is 29.3 Å². The molecule has 29 heavy (non-hydrogen) atoms. The molecule has 3 aliphatic heterocycles.